The largest absolute Gasteiger partial charge is 0.316 e. The molecule has 0 saturated heterocycles. The van der Waals surface area contributed by atoms with E-state index in [0.717, 1.165) is 26.2 Å². The van der Waals surface area contributed by atoms with Crippen LogP contribution < -0.4 is 5.32 Å². The zero-order chi connectivity index (χ0) is 14.1. The summed E-state index contributed by atoms with van der Waals surface area (Å²) in [4.78, 5) is 2.45. The maximum absolute atomic E-state index is 3.52. The van der Waals surface area contributed by atoms with Gasteiger partial charge in [-0.05, 0) is 31.0 Å². The van der Waals surface area contributed by atoms with Gasteiger partial charge < -0.3 is 10.2 Å². The molecule has 1 atom stereocenters. The molecule has 0 bridgehead atoms. The highest BCUT2D eigenvalue weighted by Gasteiger charge is 2.24. The van der Waals surface area contributed by atoms with Gasteiger partial charge in [-0.3, -0.25) is 0 Å². The molecule has 0 aromatic heterocycles. The van der Waals surface area contributed by atoms with Gasteiger partial charge in [0, 0.05) is 19.6 Å². The predicted octanol–water partition coefficient (Wildman–Crippen LogP) is 3.53. The molecule has 1 unspecified atom stereocenters. The second-order valence-corrected chi connectivity index (χ2v) is 6.00. The van der Waals surface area contributed by atoms with Crippen LogP contribution in [0.1, 0.15) is 39.2 Å². The van der Waals surface area contributed by atoms with Crippen molar-refractivity contribution >= 4 is 0 Å². The van der Waals surface area contributed by atoms with E-state index in [9.17, 15) is 0 Å². The Bertz CT molecular complexity index is 336. The van der Waals surface area contributed by atoms with Crippen molar-refractivity contribution in [2.45, 2.75) is 40.2 Å². The van der Waals surface area contributed by atoms with Crippen molar-refractivity contribution in [1.29, 1.82) is 0 Å². The minimum Gasteiger partial charge on any atom is -0.316 e. The summed E-state index contributed by atoms with van der Waals surface area (Å²) >= 11 is 0. The zero-order valence-corrected chi connectivity index (χ0v) is 13.1. The van der Waals surface area contributed by atoms with Crippen LogP contribution in [0.5, 0.6) is 0 Å². The second kappa shape index (κ2) is 8.34. The van der Waals surface area contributed by atoms with Gasteiger partial charge in [-0.1, -0.05) is 57.5 Å². The fourth-order valence-corrected chi connectivity index (χ4v) is 2.86. The SMILES string of the molecule is CCCC(C)(CNCC)CN(C)Cc1ccccc1. The summed E-state index contributed by atoms with van der Waals surface area (Å²) in [7, 11) is 2.23. The Morgan fingerprint density at radius 1 is 1.16 bits per heavy atom. The molecule has 1 N–H and O–H groups in total. The first-order valence-electron chi connectivity index (χ1n) is 7.53. The lowest BCUT2D eigenvalue weighted by Gasteiger charge is -2.34. The highest BCUT2D eigenvalue weighted by molar-refractivity contribution is 5.14. The van der Waals surface area contributed by atoms with Crippen LogP contribution in [0.4, 0.5) is 0 Å². The van der Waals surface area contributed by atoms with Crippen LogP contribution in [0.25, 0.3) is 0 Å². The number of benzene rings is 1. The van der Waals surface area contributed by atoms with Gasteiger partial charge in [0.05, 0.1) is 0 Å². The smallest absolute Gasteiger partial charge is 0.0230 e. The maximum atomic E-state index is 3.52. The van der Waals surface area contributed by atoms with Crippen molar-refractivity contribution in [2.24, 2.45) is 5.41 Å². The molecule has 0 aliphatic carbocycles. The topological polar surface area (TPSA) is 15.3 Å². The number of rotatable bonds is 9. The lowest BCUT2D eigenvalue weighted by Crippen LogP contribution is -2.40. The maximum Gasteiger partial charge on any atom is 0.0230 e. The second-order valence-electron chi connectivity index (χ2n) is 6.00. The Hall–Kier alpha value is -0.860. The number of hydrogen-bond acceptors (Lipinski definition) is 2. The van der Waals surface area contributed by atoms with Gasteiger partial charge in [0.2, 0.25) is 0 Å². The summed E-state index contributed by atoms with van der Waals surface area (Å²) in [6, 6.07) is 10.7. The van der Waals surface area contributed by atoms with E-state index < -0.39 is 0 Å². The molecule has 0 spiro atoms. The number of hydrogen-bond donors (Lipinski definition) is 1. The molecule has 0 saturated carbocycles. The fraction of sp³-hybridized carbons (Fsp3) is 0.647. The summed E-state index contributed by atoms with van der Waals surface area (Å²) < 4.78 is 0. The minimum absolute atomic E-state index is 0.369. The highest BCUT2D eigenvalue weighted by Crippen LogP contribution is 2.24. The summed E-state index contributed by atoms with van der Waals surface area (Å²) in [5.41, 5.74) is 1.76. The average Bonchev–Trinajstić information content (AvgIpc) is 2.37. The van der Waals surface area contributed by atoms with Gasteiger partial charge in [-0.25, -0.2) is 0 Å². The van der Waals surface area contributed by atoms with E-state index in [1.807, 2.05) is 0 Å². The normalized spacial score (nSPS) is 14.6. The molecule has 2 nitrogen and oxygen atoms in total. The standard InChI is InChI=1S/C17H30N2/c1-5-12-17(3,14-18-6-2)15-19(4)13-16-10-8-7-9-11-16/h7-11,18H,5-6,12-15H2,1-4H3. The lowest BCUT2D eigenvalue weighted by molar-refractivity contribution is 0.169. The molecule has 0 aliphatic heterocycles. The van der Waals surface area contributed by atoms with Crippen LogP contribution in [-0.2, 0) is 6.54 Å². The Morgan fingerprint density at radius 2 is 1.84 bits per heavy atom. The van der Waals surface area contributed by atoms with Crippen molar-refractivity contribution in [3.05, 3.63) is 35.9 Å². The lowest BCUT2D eigenvalue weighted by atomic mass is 9.84. The van der Waals surface area contributed by atoms with Crippen molar-refractivity contribution in [1.82, 2.24) is 10.2 Å². The van der Waals surface area contributed by atoms with Gasteiger partial charge in [-0.15, -0.1) is 0 Å². The minimum atomic E-state index is 0.369. The third-order valence-electron chi connectivity index (χ3n) is 3.60. The van der Waals surface area contributed by atoms with Crippen molar-refractivity contribution in [3.63, 3.8) is 0 Å². The van der Waals surface area contributed by atoms with E-state index in [-0.39, 0.29) is 0 Å². The number of nitrogens with zero attached hydrogens (tertiary/aromatic N) is 1. The van der Waals surface area contributed by atoms with Gasteiger partial charge in [0.1, 0.15) is 0 Å². The molecule has 0 radical (unpaired) electrons. The van der Waals surface area contributed by atoms with Crippen LogP contribution in [0.2, 0.25) is 0 Å². The molecule has 0 fully saturated rings. The van der Waals surface area contributed by atoms with E-state index in [4.69, 9.17) is 0 Å². The predicted molar refractivity (Wildman–Crippen MR) is 84.3 cm³/mol. The molecular weight excluding hydrogens is 232 g/mol. The van der Waals surface area contributed by atoms with E-state index in [0.29, 0.717) is 5.41 Å². The van der Waals surface area contributed by atoms with E-state index in [1.165, 1.54) is 18.4 Å². The quantitative estimate of drug-likeness (QED) is 0.732. The van der Waals surface area contributed by atoms with E-state index in [1.54, 1.807) is 0 Å². The molecule has 0 aliphatic rings. The fourth-order valence-electron chi connectivity index (χ4n) is 2.86. The molecule has 0 amide bonds. The van der Waals surface area contributed by atoms with Crippen LogP contribution in [-0.4, -0.2) is 31.6 Å². The molecule has 108 valence electrons. The third-order valence-corrected chi connectivity index (χ3v) is 3.60. The highest BCUT2D eigenvalue weighted by atomic mass is 15.1. The molecule has 2 heteroatoms. The molecule has 1 aromatic carbocycles. The van der Waals surface area contributed by atoms with Gasteiger partial charge in [0.25, 0.3) is 0 Å². The Balaban J connectivity index is 2.53. The first-order chi connectivity index (χ1) is 9.09. The molecule has 1 aromatic rings. The summed E-state index contributed by atoms with van der Waals surface area (Å²) in [5.74, 6) is 0. The molecular formula is C17H30N2. The Labute approximate surface area is 119 Å². The van der Waals surface area contributed by atoms with Crippen molar-refractivity contribution < 1.29 is 0 Å². The summed E-state index contributed by atoms with van der Waals surface area (Å²) in [6.45, 7) is 11.2. The molecule has 0 heterocycles. The third kappa shape index (κ3) is 6.22. The van der Waals surface area contributed by atoms with Gasteiger partial charge >= 0.3 is 0 Å². The number of nitrogens with one attached hydrogen (secondary N) is 1. The van der Waals surface area contributed by atoms with Crippen LogP contribution in [0.15, 0.2) is 30.3 Å². The van der Waals surface area contributed by atoms with E-state index >= 15 is 0 Å². The van der Waals surface area contributed by atoms with Gasteiger partial charge in [-0.2, -0.15) is 0 Å². The van der Waals surface area contributed by atoms with Crippen LogP contribution >= 0.6 is 0 Å². The average molecular weight is 262 g/mol. The Morgan fingerprint density at radius 3 is 2.42 bits per heavy atom. The van der Waals surface area contributed by atoms with Crippen molar-refractivity contribution in [3.8, 4) is 0 Å². The Kier molecular flexibility index (Phi) is 7.11. The van der Waals surface area contributed by atoms with E-state index in [2.05, 4.69) is 68.4 Å². The summed E-state index contributed by atoms with van der Waals surface area (Å²) in [5, 5.41) is 3.52. The summed E-state index contributed by atoms with van der Waals surface area (Å²) in [6.07, 6.45) is 2.53. The van der Waals surface area contributed by atoms with Gasteiger partial charge in [0.15, 0.2) is 0 Å². The first-order valence-corrected chi connectivity index (χ1v) is 7.53. The molecule has 1 rings (SSSR count). The van der Waals surface area contributed by atoms with Crippen LogP contribution in [0, 0.1) is 5.41 Å². The first kappa shape index (κ1) is 16.2. The molecule has 19 heavy (non-hydrogen) atoms. The monoisotopic (exact) mass is 262 g/mol. The van der Waals surface area contributed by atoms with Crippen LogP contribution in [0.3, 0.4) is 0 Å². The van der Waals surface area contributed by atoms with Crippen molar-refractivity contribution in [2.75, 3.05) is 26.7 Å². The zero-order valence-electron chi connectivity index (χ0n) is 13.1.